The van der Waals surface area contributed by atoms with Crippen molar-refractivity contribution in [3.05, 3.63) is 0 Å². The molecule has 0 amide bonds. The lowest BCUT2D eigenvalue weighted by Gasteiger charge is -2.31. The van der Waals surface area contributed by atoms with Crippen molar-refractivity contribution in [3.8, 4) is 0 Å². The van der Waals surface area contributed by atoms with Crippen molar-refractivity contribution in [2.75, 3.05) is 32.7 Å². The minimum atomic E-state index is 0.736. The Balaban J connectivity index is 1.61. The van der Waals surface area contributed by atoms with Gasteiger partial charge in [-0.05, 0) is 44.8 Å². The van der Waals surface area contributed by atoms with Gasteiger partial charge in [0.1, 0.15) is 0 Å². The smallest absolute Gasteiger partial charge is 0.156 e. The zero-order chi connectivity index (χ0) is 12.8. The third kappa shape index (κ3) is 4.16. The van der Waals surface area contributed by atoms with E-state index in [2.05, 4.69) is 29.1 Å². The minimum Gasteiger partial charge on any atom is -0.365 e. The molecule has 3 nitrogen and oxygen atoms in total. The Kier molecular flexibility index (Phi) is 5.83. The minimum absolute atomic E-state index is 0.736. The fourth-order valence-electron chi connectivity index (χ4n) is 2.73. The lowest BCUT2D eigenvalue weighted by atomic mass is 9.97. The van der Waals surface area contributed by atoms with Gasteiger partial charge in [0.25, 0.3) is 0 Å². The molecular weight excluding hydrogens is 242 g/mol. The van der Waals surface area contributed by atoms with Crippen molar-refractivity contribution < 1.29 is 0 Å². The van der Waals surface area contributed by atoms with E-state index in [4.69, 9.17) is 0 Å². The predicted molar refractivity (Wildman–Crippen MR) is 81.4 cm³/mol. The molecule has 2 aliphatic heterocycles. The van der Waals surface area contributed by atoms with Crippen LogP contribution in [0.2, 0.25) is 0 Å². The Hall–Kier alpha value is -0.220. The Morgan fingerprint density at radius 2 is 2.11 bits per heavy atom. The van der Waals surface area contributed by atoms with Crippen LogP contribution < -0.4 is 5.32 Å². The summed E-state index contributed by atoms with van der Waals surface area (Å²) < 4.78 is 0. The topological polar surface area (TPSA) is 27.6 Å². The van der Waals surface area contributed by atoms with E-state index in [0.29, 0.717) is 0 Å². The van der Waals surface area contributed by atoms with E-state index in [1.807, 2.05) is 11.8 Å². The molecular formula is C14H27N3S. The largest absolute Gasteiger partial charge is 0.365 e. The molecule has 1 fully saturated rings. The first-order valence-electron chi connectivity index (χ1n) is 7.49. The molecule has 0 radical (unpaired) electrons. The van der Waals surface area contributed by atoms with Crippen LogP contribution in [0.3, 0.4) is 0 Å². The average Bonchev–Trinajstić information content (AvgIpc) is 2.85. The first-order valence-corrected chi connectivity index (χ1v) is 8.37. The fraction of sp³-hybridized carbons (Fsp3) is 0.929. The Morgan fingerprint density at radius 1 is 1.33 bits per heavy atom. The van der Waals surface area contributed by atoms with E-state index in [9.17, 15) is 0 Å². The number of amidine groups is 1. The van der Waals surface area contributed by atoms with Crippen molar-refractivity contribution in [3.63, 3.8) is 0 Å². The van der Waals surface area contributed by atoms with Gasteiger partial charge in [0, 0.05) is 11.8 Å². The summed E-state index contributed by atoms with van der Waals surface area (Å²) in [6, 6.07) is 0. The zero-order valence-electron chi connectivity index (χ0n) is 11.8. The molecule has 104 valence electrons. The number of nitrogens with zero attached hydrogens (tertiary/aromatic N) is 2. The Bertz CT molecular complexity index is 272. The van der Waals surface area contributed by atoms with E-state index in [1.165, 1.54) is 50.5 Å². The van der Waals surface area contributed by atoms with Crippen molar-refractivity contribution in [1.29, 1.82) is 0 Å². The molecule has 0 aromatic heterocycles. The van der Waals surface area contributed by atoms with Crippen molar-refractivity contribution in [2.24, 2.45) is 10.9 Å². The molecule has 0 aromatic carbocycles. The summed E-state index contributed by atoms with van der Waals surface area (Å²) in [5.74, 6) is 0.848. The van der Waals surface area contributed by atoms with Gasteiger partial charge < -0.3 is 10.2 Å². The number of hydrogen-bond acceptors (Lipinski definition) is 4. The van der Waals surface area contributed by atoms with Crippen LogP contribution in [0.25, 0.3) is 0 Å². The normalized spacial score (nSPS) is 26.3. The van der Waals surface area contributed by atoms with Crippen LogP contribution >= 0.6 is 11.8 Å². The number of rotatable bonds is 5. The van der Waals surface area contributed by atoms with Crippen molar-refractivity contribution in [1.82, 2.24) is 10.2 Å². The molecule has 18 heavy (non-hydrogen) atoms. The van der Waals surface area contributed by atoms with Crippen molar-refractivity contribution in [2.45, 2.75) is 44.8 Å². The number of aliphatic imine (C=N–C) groups is 1. The maximum absolute atomic E-state index is 4.61. The molecule has 0 aromatic rings. The summed E-state index contributed by atoms with van der Waals surface area (Å²) in [6.45, 7) is 10.4. The van der Waals surface area contributed by atoms with Crippen LogP contribution in [0, 0.1) is 5.92 Å². The van der Waals surface area contributed by atoms with Gasteiger partial charge in [0.2, 0.25) is 0 Å². The van der Waals surface area contributed by atoms with Gasteiger partial charge in [-0.25, -0.2) is 0 Å². The first kappa shape index (κ1) is 14.2. The van der Waals surface area contributed by atoms with Crippen molar-refractivity contribution >= 4 is 16.9 Å². The molecule has 2 rings (SSSR count). The van der Waals surface area contributed by atoms with E-state index >= 15 is 0 Å². The summed E-state index contributed by atoms with van der Waals surface area (Å²) in [7, 11) is 0. The monoisotopic (exact) mass is 269 g/mol. The number of thioether (sulfide) groups is 1. The third-order valence-corrected chi connectivity index (χ3v) is 5.24. The second-order valence-corrected chi connectivity index (χ2v) is 6.72. The van der Waals surface area contributed by atoms with Gasteiger partial charge >= 0.3 is 0 Å². The van der Waals surface area contributed by atoms with E-state index in [0.717, 1.165) is 24.3 Å². The quantitative estimate of drug-likeness (QED) is 0.831. The SMILES string of the molecule is CCCC1CN=C(NCC2CCN(CC)CC2)S1. The molecule has 1 N–H and O–H groups in total. The molecule has 1 saturated heterocycles. The molecule has 0 aliphatic carbocycles. The van der Waals surface area contributed by atoms with Gasteiger partial charge in [0.05, 0.1) is 6.54 Å². The summed E-state index contributed by atoms with van der Waals surface area (Å²) in [6.07, 6.45) is 5.26. The third-order valence-electron chi connectivity index (χ3n) is 4.02. The van der Waals surface area contributed by atoms with E-state index < -0.39 is 0 Å². The number of likely N-dealkylation sites (tertiary alicyclic amines) is 1. The molecule has 4 heteroatoms. The highest BCUT2D eigenvalue weighted by Crippen LogP contribution is 2.24. The average molecular weight is 269 g/mol. The van der Waals surface area contributed by atoms with Crippen LogP contribution in [0.1, 0.15) is 39.5 Å². The Morgan fingerprint density at radius 3 is 2.78 bits per heavy atom. The molecule has 0 bridgehead atoms. The molecule has 1 unspecified atom stereocenters. The van der Waals surface area contributed by atoms with Gasteiger partial charge in [-0.15, -0.1) is 0 Å². The van der Waals surface area contributed by atoms with Crippen LogP contribution in [-0.2, 0) is 0 Å². The standard InChI is InChI=1S/C14H27N3S/c1-3-5-13-11-16-14(18-13)15-10-12-6-8-17(4-2)9-7-12/h12-13H,3-11H2,1-2H3,(H,15,16). The highest BCUT2D eigenvalue weighted by Gasteiger charge is 2.21. The van der Waals surface area contributed by atoms with Gasteiger partial charge in [-0.3, -0.25) is 4.99 Å². The lowest BCUT2D eigenvalue weighted by Crippen LogP contribution is -2.37. The number of nitrogens with one attached hydrogen (secondary N) is 1. The highest BCUT2D eigenvalue weighted by molar-refractivity contribution is 8.14. The van der Waals surface area contributed by atoms with E-state index in [1.54, 1.807) is 0 Å². The fourth-order valence-corrected chi connectivity index (χ4v) is 3.86. The highest BCUT2D eigenvalue weighted by atomic mass is 32.2. The van der Waals surface area contributed by atoms with Gasteiger partial charge in [-0.1, -0.05) is 32.0 Å². The van der Waals surface area contributed by atoms with Crippen LogP contribution in [-0.4, -0.2) is 48.0 Å². The van der Waals surface area contributed by atoms with Gasteiger partial charge in [-0.2, -0.15) is 0 Å². The van der Waals surface area contributed by atoms with Crippen LogP contribution in [0.5, 0.6) is 0 Å². The summed E-state index contributed by atoms with van der Waals surface area (Å²) in [5, 5.41) is 5.50. The second-order valence-electron chi connectivity index (χ2n) is 5.43. The molecule has 0 saturated carbocycles. The predicted octanol–water partition coefficient (Wildman–Crippen LogP) is 2.58. The molecule has 2 heterocycles. The second kappa shape index (κ2) is 7.39. The van der Waals surface area contributed by atoms with Crippen LogP contribution in [0.15, 0.2) is 4.99 Å². The molecule has 0 spiro atoms. The van der Waals surface area contributed by atoms with Gasteiger partial charge in [0.15, 0.2) is 5.17 Å². The zero-order valence-corrected chi connectivity index (χ0v) is 12.6. The maximum atomic E-state index is 4.61. The van der Waals surface area contributed by atoms with Crippen LogP contribution in [0.4, 0.5) is 0 Å². The number of hydrogen-bond donors (Lipinski definition) is 1. The number of piperidine rings is 1. The summed E-state index contributed by atoms with van der Waals surface area (Å²) >= 11 is 1.96. The summed E-state index contributed by atoms with van der Waals surface area (Å²) in [4.78, 5) is 7.16. The maximum Gasteiger partial charge on any atom is 0.156 e. The first-order chi connectivity index (χ1) is 8.81. The lowest BCUT2D eigenvalue weighted by molar-refractivity contribution is 0.193. The summed E-state index contributed by atoms with van der Waals surface area (Å²) in [5.41, 5.74) is 0. The molecule has 2 aliphatic rings. The Labute approximate surface area is 116 Å². The molecule has 1 atom stereocenters. The van der Waals surface area contributed by atoms with E-state index in [-0.39, 0.29) is 0 Å².